The Labute approximate surface area is 102 Å². The van der Waals surface area contributed by atoms with Gasteiger partial charge in [0, 0.05) is 6.07 Å². The molecule has 1 nitrogen and oxygen atoms in total. The molecule has 15 heavy (non-hydrogen) atoms. The third kappa shape index (κ3) is 4.77. The van der Waals surface area contributed by atoms with Gasteiger partial charge in [0.25, 0.3) is 0 Å². The van der Waals surface area contributed by atoms with Gasteiger partial charge >= 0.3 is 5.14 Å². The van der Waals surface area contributed by atoms with E-state index in [1.54, 1.807) is 0 Å². The van der Waals surface area contributed by atoms with Gasteiger partial charge < -0.3 is 4.42 Å². The molecule has 6 atom stereocenters. The molecule has 0 amide bonds. The lowest BCUT2D eigenvalue weighted by Gasteiger charge is -2.06. The Bertz CT molecular complexity index is 392. The van der Waals surface area contributed by atoms with Crippen molar-refractivity contribution in [3.05, 3.63) is 17.3 Å². The second-order valence-corrected chi connectivity index (χ2v) is 14.7. The van der Waals surface area contributed by atoms with Crippen LogP contribution >= 0.6 is 49.2 Å². The molecule has 1 rings (SSSR count). The molecule has 1 heterocycles. The Hall–Kier alpha value is 1.60. The monoisotopic (exact) mass is 315 g/mol. The molecular weight excluding hydrogens is 298 g/mol. The number of hydrogen-bond donors (Lipinski definition) is 0. The first kappa shape index (κ1) is 14.7. The quantitative estimate of drug-likeness (QED) is 0.774. The fourth-order valence-electron chi connectivity index (χ4n) is 1.04. The van der Waals surface area contributed by atoms with E-state index in [1.165, 1.54) is 10.8 Å². The molecule has 0 spiro atoms. The fraction of sp³-hybridized carbons (Fsp3) is 0.375. The van der Waals surface area contributed by atoms with Crippen LogP contribution in [0.1, 0.15) is 0 Å². The molecule has 0 aromatic carbocycles. The minimum Gasteiger partial charge on any atom is -0.421 e. The summed E-state index contributed by atoms with van der Waals surface area (Å²) in [5.74, 6) is 0. The van der Waals surface area contributed by atoms with Crippen molar-refractivity contribution in [1.29, 1.82) is 0 Å². The van der Waals surface area contributed by atoms with Crippen molar-refractivity contribution in [2.45, 2.75) is 0 Å². The Morgan fingerprint density at radius 3 is 2.60 bits per heavy atom. The van der Waals surface area contributed by atoms with E-state index in [4.69, 9.17) is 4.42 Å². The predicted molar refractivity (Wildman–Crippen MR) is 88.9 cm³/mol. The van der Waals surface area contributed by atoms with Crippen LogP contribution < -0.4 is 10.8 Å². The van der Waals surface area contributed by atoms with Gasteiger partial charge in [0.1, 0.15) is 12.2 Å². The fourth-order valence-corrected chi connectivity index (χ4v) is 5.15. The standard InChI is InChI=1S/C8H17OP6/c1-12-13-7-4-6(14(2)10)5-8(9-7)15(3)11/h4-5,12-13H,10-11H2,1-3H3/q+1. The number of rotatable bonds is 3. The maximum Gasteiger partial charge on any atom is 0.300 e. The molecule has 0 saturated heterocycles. The molecule has 0 N–H and O–H groups in total. The van der Waals surface area contributed by atoms with Gasteiger partial charge in [-0.15, -0.1) is 8.93 Å². The molecular formula is C8H17OP6+. The van der Waals surface area contributed by atoms with Crippen molar-refractivity contribution in [1.82, 2.24) is 0 Å². The van der Waals surface area contributed by atoms with Crippen molar-refractivity contribution in [2.24, 2.45) is 0 Å². The molecule has 0 fully saturated rings. The zero-order valence-corrected chi connectivity index (χ0v) is 15.2. The Morgan fingerprint density at radius 1 is 1.47 bits per heavy atom. The molecule has 0 aliphatic heterocycles. The molecule has 84 valence electrons. The lowest BCUT2D eigenvalue weighted by atomic mass is 10.5. The highest BCUT2D eigenvalue weighted by atomic mass is 32.0. The first-order chi connectivity index (χ1) is 7.04. The summed E-state index contributed by atoms with van der Waals surface area (Å²) in [4.78, 5) is 0. The van der Waals surface area contributed by atoms with E-state index in [2.05, 4.69) is 50.0 Å². The molecule has 0 radical (unpaired) electrons. The smallest absolute Gasteiger partial charge is 0.300 e. The molecule has 6 unspecified atom stereocenters. The zero-order valence-electron chi connectivity index (χ0n) is 9.11. The summed E-state index contributed by atoms with van der Waals surface area (Å²) in [5, 5.41) is 2.60. The van der Waals surface area contributed by atoms with E-state index >= 15 is 0 Å². The third-order valence-corrected chi connectivity index (χ3v) is 7.65. The molecule has 0 saturated carbocycles. The average molecular weight is 315 g/mol. The van der Waals surface area contributed by atoms with Crippen LogP contribution in [0, 0.1) is 5.14 Å². The summed E-state index contributed by atoms with van der Waals surface area (Å²) in [6, 6.07) is 4.46. The van der Waals surface area contributed by atoms with Crippen molar-refractivity contribution < 1.29 is 4.42 Å². The van der Waals surface area contributed by atoms with Crippen LogP contribution in [0.25, 0.3) is 0 Å². The van der Waals surface area contributed by atoms with Crippen LogP contribution in [0.4, 0.5) is 0 Å². The highest BCUT2D eigenvalue weighted by Crippen LogP contribution is 2.41. The SMILES string of the molecule is CPPc1cc(P(C)P)cc(=[P+](C)P)o1. The second-order valence-electron chi connectivity index (χ2n) is 3.11. The van der Waals surface area contributed by atoms with E-state index in [0.717, 1.165) is 21.7 Å². The maximum atomic E-state index is 5.90. The van der Waals surface area contributed by atoms with Gasteiger partial charge in [0.05, 0.1) is 8.93 Å². The van der Waals surface area contributed by atoms with Gasteiger partial charge in [-0.05, 0) is 33.0 Å². The van der Waals surface area contributed by atoms with E-state index in [-0.39, 0.29) is 14.8 Å². The van der Waals surface area contributed by atoms with Crippen molar-refractivity contribution in [2.75, 3.05) is 20.0 Å². The Balaban J connectivity index is 3.27. The summed E-state index contributed by atoms with van der Waals surface area (Å²) in [6.45, 7) is 6.71. The first-order valence-electron chi connectivity index (χ1n) is 4.42. The van der Waals surface area contributed by atoms with Gasteiger partial charge in [-0.1, -0.05) is 15.9 Å². The van der Waals surface area contributed by atoms with Crippen molar-refractivity contribution in [3.8, 4) is 0 Å². The van der Waals surface area contributed by atoms with Gasteiger partial charge in [0.2, 0.25) is 0 Å². The maximum absolute atomic E-state index is 5.90. The van der Waals surface area contributed by atoms with Gasteiger partial charge in [-0.2, -0.15) is 0 Å². The minimum atomic E-state index is -0.205. The van der Waals surface area contributed by atoms with Crippen LogP contribution in [0.2, 0.25) is 0 Å². The van der Waals surface area contributed by atoms with Crippen LogP contribution in [-0.4, -0.2) is 20.0 Å². The molecule has 0 aliphatic rings. The van der Waals surface area contributed by atoms with E-state index < -0.39 is 0 Å². The van der Waals surface area contributed by atoms with Crippen LogP contribution in [0.3, 0.4) is 0 Å². The molecule has 0 aliphatic carbocycles. The summed E-state index contributed by atoms with van der Waals surface area (Å²) >= 11 is 0. The van der Waals surface area contributed by atoms with Crippen molar-refractivity contribution in [3.63, 3.8) is 0 Å². The predicted octanol–water partition coefficient (Wildman–Crippen LogP) is 3.77. The van der Waals surface area contributed by atoms with Gasteiger partial charge in [0.15, 0.2) is 7.23 Å². The minimum absolute atomic E-state index is 0.0982. The van der Waals surface area contributed by atoms with Gasteiger partial charge in [-0.3, -0.25) is 0 Å². The highest BCUT2D eigenvalue weighted by Gasteiger charge is 2.07. The first-order valence-corrected chi connectivity index (χ1v) is 14.7. The van der Waals surface area contributed by atoms with E-state index in [1.807, 2.05) is 0 Å². The lowest BCUT2D eigenvalue weighted by molar-refractivity contribution is 0.571. The molecule has 0 bridgehead atoms. The summed E-state index contributed by atoms with van der Waals surface area (Å²) in [6.07, 6.45) is 0. The van der Waals surface area contributed by atoms with Gasteiger partial charge in [-0.25, -0.2) is 0 Å². The Morgan fingerprint density at radius 2 is 2.13 bits per heavy atom. The topological polar surface area (TPSA) is 13.1 Å². The van der Waals surface area contributed by atoms with Crippen LogP contribution in [0.5, 0.6) is 0 Å². The van der Waals surface area contributed by atoms with Crippen molar-refractivity contribution >= 4 is 60.0 Å². The summed E-state index contributed by atoms with van der Waals surface area (Å²) in [5.41, 5.74) is 1.18. The second kappa shape index (κ2) is 7.13. The Kier molecular flexibility index (Phi) is 6.97. The third-order valence-electron chi connectivity index (χ3n) is 1.77. The van der Waals surface area contributed by atoms with E-state index in [0.29, 0.717) is 0 Å². The number of hydrogen-bond acceptors (Lipinski definition) is 1. The van der Waals surface area contributed by atoms with Crippen LogP contribution in [0.15, 0.2) is 16.5 Å². The van der Waals surface area contributed by atoms with E-state index in [9.17, 15) is 0 Å². The van der Waals surface area contributed by atoms with Crippen LogP contribution in [-0.2, 0) is 0 Å². The summed E-state index contributed by atoms with van der Waals surface area (Å²) < 4.78 is 5.90. The average Bonchev–Trinajstić information content (AvgIpc) is 2.17. The molecule has 1 aromatic rings. The highest BCUT2D eigenvalue weighted by molar-refractivity contribution is 8.17. The normalized spacial score (nSPS) is 16.6. The largest absolute Gasteiger partial charge is 0.421 e. The lowest BCUT2D eigenvalue weighted by Crippen LogP contribution is -2.05. The molecule has 7 heteroatoms. The summed E-state index contributed by atoms with van der Waals surface area (Å²) in [7, 11) is 7.25. The zero-order chi connectivity index (χ0) is 11.4. The molecule has 1 aromatic heterocycles.